The highest BCUT2D eigenvalue weighted by molar-refractivity contribution is 5.47. The van der Waals surface area contributed by atoms with Crippen molar-refractivity contribution in [1.82, 2.24) is 0 Å². The highest BCUT2D eigenvalue weighted by atomic mass is 19.4. The molecule has 30 heavy (non-hydrogen) atoms. The van der Waals surface area contributed by atoms with Crippen molar-refractivity contribution in [2.24, 2.45) is 0 Å². The van der Waals surface area contributed by atoms with E-state index in [1.54, 1.807) is 0 Å². The zero-order valence-corrected chi connectivity index (χ0v) is 13.7. The van der Waals surface area contributed by atoms with Crippen molar-refractivity contribution in [3.05, 3.63) is 34.4 Å². The molecule has 0 atom stereocenters. The standard InChI is InChI=1S/C14H7F15O/c15-9(16,12(21,22)23)5-3-7(10(17,18)13(24,25)26)6(1-2-30)8(4-5)11(19,20)14(27,28)29/h3-4,30H,1-2H2. The van der Waals surface area contributed by atoms with Crippen LogP contribution in [0.2, 0.25) is 0 Å². The molecule has 1 rings (SSSR count). The summed E-state index contributed by atoms with van der Waals surface area (Å²) in [4.78, 5) is 0. The summed E-state index contributed by atoms with van der Waals surface area (Å²) in [5.41, 5.74) is -11.3. The van der Waals surface area contributed by atoms with Crippen LogP contribution in [0.25, 0.3) is 0 Å². The van der Waals surface area contributed by atoms with Crippen molar-refractivity contribution >= 4 is 0 Å². The highest BCUT2D eigenvalue weighted by Gasteiger charge is 2.65. The molecular formula is C14H7F15O. The van der Waals surface area contributed by atoms with E-state index in [-0.39, 0.29) is 0 Å². The Kier molecular flexibility index (Phi) is 6.43. The zero-order valence-electron chi connectivity index (χ0n) is 13.7. The van der Waals surface area contributed by atoms with Gasteiger partial charge in [-0.1, -0.05) is 0 Å². The Morgan fingerprint density at radius 1 is 0.533 bits per heavy atom. The number of hydrogen-bond donors (Lipinski definition) is 1. The minimum Gasteiger partial charge on any atom is -0.396 e. The first-order valence-electron chi connectivity index (χ1n) is 7.16. The third kappa shape index (κ3) is 4.27. The van der Waals surface area contributed by atoms with Gasteiger partial charge in [-0.05, 0) is 24.1 Å². The molecule has 0 aliphatic rings. The summed E-state index contributed by atoms with van der Waals surface area (Å²) in [6.07, 6.45) is -22.1. The third-order valence-electron chi connectivity index (χ3n) is 3.72. The fraction of sp³-hybridized carbons (Fsp3) is 0.571. The van der Waals surface area contributed by atoms with Crippen molar-refractivity contribution < 1.29 is 71.0 Å². The molecule has 0 aliphatic heterocycles. The lowest BCUT2D eigenvalue weighted by Gasteiger charge is -2.30. The van der Waals surface area contributed by atoms with Crippen LogP contribution < -0.4 is 0 Å². The van der Waals surface area contributed by atoms with E-state index in [4.69, 9.17) is 5.11 Å². The normalized spacial score (nSPS) is 14.9. The Morgan fingerprint density at radius 2 is 0.833 bits per heavy atom. The second-order valence-corrected chi connectivity index (χ2v) is 5.74. The van der Waals surface area contributed by atoms with Crippen molar-refractivity contribution in [2.75, 3.05) is 6.61 Å². The van der Waals surface area contributed by atoms with Gasteiger partial charge in [0, 0.05) is 23.3 Å². The Balaban J connectivity index is 4.20. The van der Waals surface area contributed by atoms with Crippen LogP contribution in [0.3, 0.4) is 0 Å². The second-order valence-electron chi connectivity index (χ2n) is 5.74. The highest BCUT2D eigenvalue weighted by Crippen LogP contribution is 2.53. The summed E-state index contributed by atoms with van der Waals surface area (Å²) in [7, 11) is 0. The molecule has 0 fully saturated rings. The van der Waals surface area contributed by atoms with Gasteiger partial charge in [0.25, 0.3) is 0 Å². The van der Waals surface area contributed by atoms with E-state index in [2.05, 4.69) is 0 Å². The van der Waals surface area contributed by atoms with E-state index in [1.165, 1.54) is 0 Å². The maximum absolute atomic E-state index is 13.7. The molecule has 1 aromatic carbocycles. The van der Waals surface area contributed by atoms with E-state index < -0.39 is 83.7 Å². The van der Waals surface area contributed by atoms with Crippen molar-refractivity contribution in [2.45, 2.75) is 42.7 Å². The molecule has 174 valence electrons. The van der Waals surface area contributed by atoms with E-state index >= 15 is 0 Å². The van der Waals surface area contributed by atoms with Gasteiger partial charge in [-0.15, -0.1) is 0 Å². The molecule has 0 amide bonds. The average molecular weight is 476 g/mol. The lowest BCUT2D eigenvalue weighted by Crippen LogP contribution is -2.40. The molecule has 0 saturated heterocycles. The molecule has 1 nitrogen and oxygen atoms in total. The van der Waals surface area contributed by atoms with Gasteiger partial charge in [-0.2, -0.15) is 65.9 Å². The summed E-state index contributed by atoms with van der Waals surface area (Å²) < 4.78 is 195. The SMILES string of the molecule is OCCc1c(C(F)(F)C(F)(F)F)cc(C(F)(F)C(F)(F)F)cc1C(F)(F)C(F)(F)F. The summed E-state index contributed by atoms with van der Waals surface area (Å²) in [6.45, 7) is -1.63. The summed E-state index contributed by atoms with van der Waals surface area (Å²) in [5, 5.41) is 8.68. The van der Waals surface area contributed by atoms with Gasteiger partial charge in [0.05, 0.1) is 0 Å². The van der Waals surface area contributed by atoms with Crippen LogP contribution in [0.1, 0.15) is 22.3 Å². The third-order valence-corrected chi connectivity index (χ3v) is 3.72. The largest absolute Gasteiger partial charge is 0.458 e. The topological polar surface area (TPSA) is 20.2 Å². The summed E-state index contributed by atoms with van der Waals surface area (Å²) in [6, 6.07) is -2.33. The van der Waals surface area contributed by atoms with Crippen LogP contribution in [0.5, 0.6) is 0 Å². The number of alkyl halides is 15. The number of benzene rings is 1. The lowest BCUT2D eigenvalue weighted by atomic mass is 9.87. The first kappa shape index (κ1) is 26.2. The van der Waals surface area contributed by atoms with Crippen LogP contribution >= 0.6 is 0 Å². The molecule has 0 heterocycles. The average Bonchev–Trinajstić information content (AvgIpc) is 2.51. The van der Waals surface area contributed by atoms with Crippen LogP contribution in [-0.2, 0) is 24.2 Å². The molecule has 0 aliphatic carbocycles. The number of hydrogen-bond acceptors (Lipinski definition) is 1. The van der Waals surface area contributed by atoms with Crippen molar-refractivity contribution in [3.63, 3.8) is 0 Å². The van der Waals surface area contributed by atoms with Crippen molar-refractivity contribution in [3.8, 4) is 0 Å². The minimum atomic E-state index is -6.78. The fourth-order valence-electron chi connectivity index (χ4n) is 2.26. The van der Waals surface area contributed by atoms with E-state index in [9.17, 15) is 65.9 Å². The monoisotopic (exact) mass is 476 g/mol. The minimum absolute atomic E-state index is 1.16. The second kappa shape index (κ2) is 7.37. The molecule has 1 aromatic rings. The molecule has 0 aromatic heterocycles. The smallest absolute Gasteiger partial charge is 0.396 e. The van der Waals surface area contributed by atoms with Gasteiger partial charge in [0.1, 0.15) is 0 Å². The molecule has 0 bridgehead atoms. The molecule has 1 N–H and O–H groups in total. The Morgan fingerprint density at radius 3 is 1.07 bits per heavy atom. The predicted molar refractivity (Wildman–Crippen MR) is 67.1 cm³/mol. The molecule has 0 unspecified atom stereocenters. The number of aliphatic hydroxyl groups is 1. The number of halogens is 15. The van der Waals surface area contributed by atoms with Gasteiger partial charge in [0.15, 0.2) is 0 Å². The molecule has 0 radical (unpaired) electrons. The number of rotatable bonds is 5. The van der Waals surface area contributed by atoms with Crippen LogP contribution in [0, 0.1) is 0 Å². The Hall–Kier alpha value is -1.87. The molecular weight excluding hydrogens is 469 g/mol. The predicted octanol–water partition coefficient (Wildman–Crippen LogP) is 6.18. The van der Waals surface area contributed by atoms with Gasteiger partial charge < -0.3 is 5.11 Å². The van der Waals surface area contributed by atoms with E-state index in [1.807, 2.05) is 0 Å². The van der Waals surface area contributed by atoms with E-state index in [0.717, 1.165) is 0 Å². The first-order chi connectivity index (χ1) is 13.0. The number of aliphatic hydroxyl groups excluding tert-OH is 1. The maximum Gasteiger partial charge on any atom is 0.458 e. The molecule has 0 saturated carbocycles. The summed E-state index contributed by atoms with van der Waals surface area (Å²) in [5.74, 6) is -19.2. The Bertz CT molecular complexity index is 722. The van der Waals surface area contributed by atoms with Crippen LogP contribution in [-0.4, -0.2) is 30.2 Å². The van der Waals surface area contributed by atoms with Crippen LogP contribution in [0.4, 0.5) is 65.9 Å². The van der Waals surface area contributed by atoms with Gasteiger partial charge in [-0.3, -0.25) is 0 Å². The summed E-state index contributed by atoms with van der Waals surface area (Å²) >= 11 is 0. The fourth-order valence-corrected chi connectivity index (χ4v) is 2.26. The van der Waals surface area contributed by atoms with E-state index in [0.29, 0.717) is 0 Å². The van der Waals surface area contributed by atoms with Crippen LogP contribution in [0.15, 0.2) is 12.1 Å². The van der Waals surface area contributed by atoms with Gasteiger partial charge in [0.2, 0.25) is 0 Å². The Labute approximate surface area is 156 Å². The quantitative estimate of drug-likeness (QED) is 0.504. The first-order valence-corrected chi connectivity index (χ1v) is 7.16. The van der Waals surface area contributed by atoms with Crippen molar-refractivity contribution in [1.29, 1.82) is 0 Å². The maximum atomic E-state index is 13.7. The lowest BCUT2D eigenvalue weighted by molar-refractivity contribution is -0.295. The van der Waals surface area contributed by atoms with Gasteiger partial charge >= 0.3 is 36.3 Å². The molecule has 0 spiro atoms. The van der Waals surface area contributed by atoms with Gasteiger partial charge in [-0.25, -0.2) is 0 Å². The molecule has 16 heteroatoms. The zero-order chi connectivity index (χ0) is 24.1.